The van der Waals surface area contributed by atoms with Gasteiger partial charge in [0, 0.05) is 43.8 Å². The molecule has 0 atom stereocenters. The lowest BCUT2D eigenvalue weighted by Crippen LogP contribution is -2.00. The molecule has 52 heavy (non-hydrogen) atoms. The van der Waals surface area contributed by atoms with Crippen molar-refractivity contribution in [3.05, 3.63) is 164 Å². The quantitative estimate of drug-likeness (QED) is 0.187. The van der Waals surface area contributed by atoms with Gasteiger partial charge in [-0.25, -0.2) is 15.0 Å². The Bertz CT molecular complexity index is 3190. The van der Waals surface area contributed by atoms with Crippen molar-refractivity contribution in [3.63, 3.8) is 0 Å². The highest BCUT2D eigenvalue weighted by Gasteiger charge is 2.20. The summed E-state index contributed by atoms with van der Waals surface area (Å²) in [6.07, 6.45) is 0. The van der Waals surface area contributed by atoms with Gasteiger partial charge in [0.05, 0.1) is 0 Å². The highest BCUT2D eigenvalue weighted by Crippen LogP contribution is 2.41. The van der Waals surface area contributed by atoms with E-state index < -0.39 is 0 Å². The summed E-state index contributed by atoms with van der Waals surface area (Å²) in [6.45, 7) is 0. The Morgan fingerprint density at radius 2 is 0.981 bits per heavy atom. The summed E-state index contributed by atoms with van der Waals surface area (Å²) in [5.41, 5.74) is 8.24. The van der Waals surface area contributed by atoms with Crippen molar-refractivity contribution in [3.8, 4) is 45.3 Å². The highest BCUT2D eigenvalue weighted by molar-refractivity contribution is 6.19. The molecule has 5 heteroatoms. The summed E-state index contributed by atoms with van der Waals surface area (Å²) in [4.78, 5) is 15.3. The van der Waals surface area contributed by atoms with E-state index in [-0.39, 0.29) is 0 Å². The van der Waals surface area contributed by atoms with Crippen LogP contribution in [0.5, 0.6) is 0 Å². The van der Waals surface area contributed by atoms with Crippen molar-refractivity contribution in [2.45, 2.75) is 0 Å². The first-order chi connectivity index (χ1) is 25.7. The fourth-order valence-corrected chi connectivity index (χ4v) is 7.65. The molecule has 0 aliphatic carbocycles. The molecule has 0 fully saturated rings. The Hall–Kier alpha value is -7.11. The second-order valence-electron chi connectivity index (χ2n) is 13.2. The van der Waals surface area contributed by atoms with Crippen LogP contribution in [0.1, 0.15) is 0 Å². The van der Waals surface area contributed by atoms with Gasteiger partial charge in [0.1, 0.15) is 22.3 Å². The molecule has 0 unspecified atom stereocenters. The zero-order chi connectivity index (χ0) is 34.2. The van der Waals surface area contributed by atoms with E-state index in [9.17, 15) is 0 Å². The van der Waals surface area contributed by atoms with E-state index in [1.807, 2.05) is 60.7 Å². The minimum Gasteiger partial charge on any atom is -0.456 e. The number of hydrogen-bond donors (Lipinski definition) is 0. The SMILES string of the molecule is c1ccc(-c2nc(-c3ccc4c(ccc5oc6ccccc6c54)c3)nc(-c3cccc4oc5c(-c6ccc7ccccc7c6)cccc5c34)n2)cc1. The van der Waals surface area contributed by atoms with Gasteiger partial charge < -0.3 is 8.83 Å². The second kappa shape index (κ2) is 11.2. The molecular weight excluding hydrogens is 639 g/mol. The van der Waals surface area contributed by atoms with Gasteiger partial charge in [-0.05, 0) is 57.4 Å². The Kier molecular flexibility index (Phi) is 6.18. The third kappa shape index (κ3) is 4.46. The summed E-state index contributed by atoms with van der Waals surface area (Å²) in [6, 6.07) is 56.3. The zero-order valence-corrected chi connectivity index (χ0v) is 27.7. The maximum absolute atomic E-state index is 6.67. The van der Waals surface area contributed by atoms with Crippen LogP contribution in [0.3, 0.4) is 0 Å². The molecule has 0 radical (unpaired) electrons. The number of aromatic nitrogens is 3. The fraction of sp³-hybridized carbons (Fsp3) is 0. The van der Waals surface area contributed by atoms with Crippen LogP contribution in [0.15, 0.2) is 173 Å². The number of rotatable bonds is 4. The summed E-state index contributed by atoms with van der Waals surface area (Å²) < 4.78 is 12.8. The smallest absolute Gasteiger partial charge is 0.164 e. The molecule has 0 spiro atoms. The summed E-state index contributed by atoms with van der Waals surface area (Å²) in [5.74, 6) is 1.80. The Balaban J connectivity index is 1.11. The molecule has 242 valence electrons. The number of benzene rings is 8. The standard InChI is InChI=1S/C47H27N3O2/c1-2-11-29(12-3-1)45-48-46(33-22-24-34-31(27-33)23-25-41-42(34)36-14-6-7-18-39(36)51-41)50-47(49-45)38-17-9-19-40-43(38)37-16-8-15-35(44(37)52-40)32-21-20-28-10-4-5-13-30(28)26-32/h1-27H. The number of fused-ring (bicyclic) bond motifs is 9. The highest BCUT2D eigenvalue weighted by atomic mass is 16.3. The van der Waals surface area contributed by atoms with E-state index in [0.29, 0.717) is 17.5 Å². The van der Waals surface area contributed by atoms with Crippen molar-refractivity contribution in [2.24, 2.45) is 0 Å². The van der Waals surface area contributed by atoms with Crippen LogP contribution in [0, 0.1) is 0 Å². The van der Waals surface area contributed by atoms with Crippen molar-refractivity contribution in [1.82, 2.24) is 15.0 Å². The number of para-hydroxylation sites is 2. The average Bonchev–Trinajstić information content (AvgIpc) is 3.79. The van der Waals surface area contributed by atoms with E-state index in [1.165, 1.54) is 10.8 Å². The molecule has 0 aliphatic rings. The van der Waals surface area contributed by atoms with Crippen LogP contribution in [-0.2, 0) is 0 Å². The minimum atomic E-state index is 0.588. The fourth-order valence-electron chi connectivity index (χ4n) is 7.65. The van der Waals surface area contributed by atoms with E-state index in [1.54, 1.807) is 0 Å². The molecule has 0 N–H and O–H groups in total. The summed E-state index contributed by atoms with van der Waals surface area (Å²) >= 11 is 0. The summed E-state index contributed by atoms with van der Waals surface area (Å²) in [7, 11) is 0. The lowest BCUT2D eigenvalue weighted by atomic mass is 9.98. The summed E-state index contributed by atoms with van der Waals surface area (Å²) in [5, 5.41) is 8.82. The van der Waals surface area contributed by atoms with Crippen molar-refractivity contribution in [2.75, 3.05) is 0 Å². The van der Waals surface area contributed by atoms with Gasteiger partial charge >= 0.3 is 0 Å². The van der Waals surface area contributed by atoms with E-state index in [4.69, 9.17) is 23.8 Å². The predicted molar refractivity (Wildman–Crippen MR) is 211 cm³/mol. The lowest BCUT2D eigenvalue weighted by Gasteiger charge is -2.10. The van der Waals surface area contributed by atoms with Crippen LogP contribution in [0.4, 0.5) is 0 Å². The molecule has 0 amide bonds. The minimum absolute atomic E-state index is 0.588. The van der Waals surface area contributed by atoms with Gasteiger partial charge in [-0.15, -0.1) is 0 Å². The molecule has 3 aromatic heterocycles. The van der Waals surface area contributed by atoms with Crippen LogP contribution in [-0.4, -0.2) is 15.0 Å². The number of furan rings is 2. The van der Waals surface area contributed by atoms with Gasteiger partial charge in [0.2, 0.25) is 0 Å². The first-order valence-corrected chi connectivity index (χ1v) is 17.3. The third-order valence-corrected chi connectivity index (χ3v) is 10.1. The van der Waals surface area contributed by atoms with Gasteiger partial charge in [-0.2, -0.15) is 0 Å². The van der Waals surface area contributed by atoms with Crippen LogP contribution >= 0.6 is 0 Å². The van der Waals surface area contributed by atoms with E-state index in [2.05, 4.69) is 103 Å². The molecule has 11 aromatic rings. The van der Waals surface area contributed by atoms with E-state index >= 15 is 0 Å². The predicted octanol–water partition coefficient (Wildman–Crippen LogP) is 12.6. The molecule has 0 saturated carbocycles. The molecule has 0 bridgehead atoms. The first kappa shape index (κ1) is 28.7. The van der Waals surface area contributed by atoms with Gasteiger partial charge in [0.25, 0.3) is 0 Å². The molecule has 11 rings (SSSR count). The number of nitrogens with zero attached hydrogens (tertiary/aromatic N) is 3. The molecule has 3 heterocycles. The molecule has 8 aromatic carbocycles. The van der Waals surface area contributed by atoms with Gasteiger partial charge in [-0.1, -0.05) is 133 Å². The Morgan fingerprint density at radius 1 is 0.327 bits per heavy atom. The van der Waals surface area contributed by atoms with Crippen molar-refractivity contribution < 1.29 is 8.83 Å². The van der Waals surface area contributed by atoms with Gasteiger partial charge in [0.15, 0.2) is 17.5 Å². The lowest BCUT2D eigenvalue weighted by molar-refractivity contribution is 0.669. The maximum atomic E-state index is 6.67. The van der Waals surface area contributed by atoms with Crippen LogP contribution in [0.25, 0.3) is 111 Å². The largest absolute Gasteiger partial charge is 0.456 e. The van der Waals surface area contributed by atoms with Crippen molar-refractivity contribution >= 4 is 65.4 Å². The molecule has 0 saturated heterocycles. The second-order valence-corrected chi connectivity index (χ2v) is 13.2. The first-order valence-electron chi connectivity index (χ1n) is 17.3. The van der Waals surface area contributed by atoms with Crippen molar-refractivity contribution in [1.29, 1.82) is 0 Å². The molecular formula is C47H27N3O2. The Morgan fingerprint density at radius 3 is 1.90 bits per heavy atom. The maximum Gasteiger partial charge on any atom is 0.164 e. The van der Waals surface area contributed by atoms with Crippen LogP contribution in [0.2, 0.25) is 0 Å². The zero-order valence-electron chi connectivity index (χ0n) is 27.7. The third-order valence-electron chi connectivity index (χ3n) is 10.1. The van der Waals surface area contributed by atoms with Gasteiger partial charge in [-0.3, -0.25) is 0 Å². The Labute approximate surface area is 297 Å². The molecule has 0 aliphatic heterocycles. The molecule has 5 nitrogen and oxygen atoms in total. The number of hydrogen-bond acceptors (Lipinski definition) is 5. The topological polar surface area (TPSA) is 65.0 Å². The van der Waals surface area contributed by atoms with E-state index in [0.717, 1.165) is 82.5 Å². The monoisotopic (exact) mass is 665 g/mol. The van der Waals surface area contributed by atoms with Crippen LogP contribution < -0.4 is 0 Å². The average molecular weight is 666 g/mol. The normalized spacial score (nSPS) is 11.8.